The summed E-state index contributed by atoms with van der Waals surface area (Å²) in [4.78, 5) is 49.8. The van der Waals surface area contributed by atoms with E-state index >= 15 is 0 Å². The fraction of sp³-hybridized carbons (Fsp3) is 0.304. The van der Waals surface area contributed by atoms with Crippen LogP contribution in [0.4, 0.5) is 0 Å². The average Bonchev–Trinajstić information content (AvgIpc) is 2.85. The molecule has 0 radical (unpaired) electrons. The molecule has 0 unspecified atom stereocenters. The molecule has 0 aliphatic rings. The minimum Gasteiger partial charge on any atom is -0.478 e. The Morgan fingerprint density at radius 3 is 1.41 bits per heavy atom. The van der Waals surface area contributed by atoms with E-state index < -0.39 is 23.7 Å². The predicted octanol–water partition coefficient (Wildman–Crippen LogP) is -0.481. The number of amides is 3. The molecule has 0 aliphatic carbocycles. The van der Waals surface area contributed by atoms with Gasteiger partial charge >= 0.3 is 5.97 Å². The lowest BCUT2D eigenvalue weighted by atomic mass is 10.1. The Kier molecular flexibility index (Phi) is 10.6. The van der Waals surface area contributed by atoms with Crippen LogP contribution in [0.5, 0.6) is 0 Å². The van der Waals surface area contributed by atoms with E-state index in [-0.39, 0.29) is 68.3 Å². The van der Waals surface area contributed by atoms with Crippen molar-refractivity contribution in [3.8, 4) is 0 Å². The van der Waals surface area contributed by atoms with Gasteiger partial charge in [0.15, 0.2) is 0 Å². The second-order valence-electron chi connectivity index (χ2n) is 7.15. The maximum absolute atomic E-state index is 12.5. The van der Waals surface area contributed by atoms with Crippen molar-refractivity contribution >= 4 is 23.7 Å². The maximum atomic E-state index is 12.5. The van der Waals surface area contributed by atoms with Crippen molar-refractivity contribution < 1.29 is 34.5 Å². The zero-order chi connectivity index (χ0) is 24.9. The Labute approximate surface area is 196 Å². The van der Waals surface area contributed by atoms with Crippen LogP contribution in [0, 0.1) is 0 Å². The van der Waals surface area contributed by atoms with Gasteiger partial charge in [0, 0.05) is 32.7 Å². The van der Waals surface area contributed by atoms with Crippen molar-refractivity contribution in [2.24, 2.45) is 0 Å². The smallest absolute Gasteiger partial charge is 0.336 e. The number of aliphatic hydroxyl groups excluding tert-OH is 2. The Balaban J connectivity index is 1.83. The predicted molar refractivity (Wildman–Crippen MR) is 123 cm³/mol. The topological polar surface area (TPSA) is 168 Å². The van der Waals surface area contributed by atoms with Crippen LogP contribution in [0.15, 0.2) is 48.5 Å². The first-order valence-electron chi connectivity index (χ1n) is 10.6. The molecule has 2 aromatic carbocycles. The number of carboxylic acid groups (broad SMARTS) is 1. The van der Waals surface area contributed by atoms with Crippen molar-refractivity contribution in [3.63, 3.8) is 0 Å². The number of carbonyl (C=O) groups is 4. The summed E-state index contributed by atoms with van der Waals surface area (Å²) in [6, 6.07) is 12.1. The fourth-order valence-electron chi connectivity index (χ4n) is 3.11. The molecular weight excluding hydrogens is 444 g/mol. The molecule has 0 spiro atoms. The van der Waals surface area contributed by atoms with Crippen LogP contribution in [-0.4, -0.2) is 90.0 Å². The zero-order valence-electron chi connectivity index (χ0n) is 18.5. The molecule has 11 heteroatoms. The summed E-state index contributed by atoms with van der Waals surface area (Å²) in [6.07, 6.45) is 0. The van der Waals surface area contributed by atoms with Crippen LogP contribution in [0.25, 0.3) is 0 Å². The van der Waals surface area contributed by atoms with Gasteiger partial charge in [-0.2, -0.15) is 0 Å². The highest BCUT2D eigenvalue weighted by Gasteiger charge is 2.17. The van der Waals surface area contributed by atoms with E-state index in [1.165, 1.54) is 30.3 Å². The third-order valence-corrected chi connectivity index (χ3v) is 4.84. The first kappa shape index (κ1) is 26.5. The van der Waals surface area contributed by atoms with Crippen molar-refractivity contribution in [2.45, 2.75) is 0 Å². The van der Waals surface area contributed by atoms with Gasteiger partial charge in [0.1, 0.15) is 0 Å². The lowest BCUT2D eigenvalue weighted by Gasteiger charge is -2.20. The monoisotopic (exact) mass is 472 g/mol. The molecule has 11 nitrogen and oxygen atoms in total. The Morgan fingerprint density at radius 2 is 1.03 bits per heavy atom. The molecule has 0 saturated heterocycles. The van der Waals surface area contributed by atoms with E-state index in [1.54, 1.807) is 23.1 Å². The highest BCUT2D eigenvalue weighted by atomic mass is 16.4. The molecule has 0 atom stereocenters. The van der Waals surface area contributed by atoms with Gasteiger partial charge < -0.3 is 31.3 Å². The maximum Gasteiger partial charge on any atom is 0.336 e. The Bertz CT molecular complexity index is 1010. The second-order valence-corrected chi connectivity index (χ2v) is 7.15. The second kappa shape index (κ2) is 13.7. The molecule has 2 rings (SSSR count). The van der Waals surface area contributed by atoms with E-state index in [1.807, 2.05) is 0 Å². The van der Waals surface area contributed by atoms with E-state index in [4.69, 9.17) is 5.11 Å². The number of carbonyl (C=O) groups excluding carboxylic acids is 3. The van der Waals surface area contributed by atoms with Crippen LogP contribution in [0.2, 0.25) is 0 Å². The van der Waals surface area contributed by atoms with Crippen LogP contribution in [-0.2, 0) is 0 Å². The first-order chi connectivity index (χ1) is 16.4. The number of aromatic carboxylic acids is 1. The fourth-order valence-corrected chi connectivity index (χ4v) is 3.11. The highest BCUT2D eigenvalue weighted by molar-refractivity contribution is 6.07. The van der Waals surface area contributed by atoms with Gasteiger partial charge in [0.25, 0.3) is 17.7 Å². The molecule has 0 aromatic heterocycles. The molecule has 0 saturated carbocycles. The zero-order valence-corrected chi connectivity index (χ0v) is 18.5. The van der Waals surface area contributed by atoms with Crippen LogP contribution < -0.4 is 16.0 Å². The van der Waals surface area contributed by atoms with E-state index in [0.717, 1.165) is 0 Å². The number of rotatable bonds is 13. The summed E-state index contributed by atoms with van der Waals surface area (Å²) in [7, 11) is 0. The first-order valence-corrected chi connectivity index (χ1v) is 10.6. The quantitative estimate of drug-likeness (QED) is 0.212. The Morgan fingerprint density at radius 1 is 0.647 bits per heavy atom. The summed E-state index contributed by atoms with van der Waals surface area (Å²) in [6.45, 7) is 0.368. The largest absolute Gasteiger partial charge is 0.478 e. The van der Waals surface area contributed by atoms with Gasteiger partial charge in [-0.05, 0) is 24.3 Å². The summed E-state index contributed by atoms with van der Waals surface area (Å²) >= 11 is 0. The number of carboxylic acids is 1. The third kappa shape index (κ3) is 7.66. The summed E-state index contributed by atoms with van der Waals surface area (Å²) in [5.74, 6) is -2.69. The van der Waals surface area contributed by atoms with Crippen molar-refractivity contribution in [2.75, 3.05) is 46.1 Å². The molecule has 0 fully saturated rings. The van der Waals surface area contributed by atoms with Crippen molar-refractivity contribution in [3.05, 3.63) is 70.8 Å². The van der Waals surface area contributed by atoms with Gasteiger partial charge in [-0.25, -0.2) is 4.79 Å². The lowest BCUT2D eigenvalue weighted by molar-refractivity contribution is 0.0690. The molecule has 34 heavy (non-hydrogen) atoms. The summed E-state index contributed by atoms with van der Waals surface area (Å²) in [5, 5.41) is 35.4. The van der Waals surface area contributed by atoms with Crippen molar-refractivity contribution in [1.29, 1.82) is 0 Å². The van der Waals surface area contributed by atoms with E-state index in [0.29, 0.717) is 0 Å². The van der Waals surface area contributed by atoms with E-state index in [9.17, 15) is 29.4 Å². The molecular formula is C23H28N4O7. The van der Waals surface area contributed by atoms with Crippen LogP contribution in [0.1, 0.15) is 41.4 Å². The molecule has 6 N–H and O–H groups in total. The lowest BCUT2D eigenvalue weighted by Crippen LogP contribution is -2.40. The molecule has 0 heterocycles. The molecule has 0 bridgehead atoms. The minimum atomic E-state index is -1.20. The van der Waals surface area contributed by atoms with E-state index in [2.05, 4.69) is 16.0 Å². The summed E-state index contributed by atoms with van der Waals surface area (Å²) in [5.41, 5.74) is 0.293. The molecule has 2 aromatic rings. The minimum absolute atomic E-state index is 0.0412. The van der Waals surface area contributed by atoms with Gasteiger partial charge in [-0.1, -0.05) is 24.3 Å². The van der Waals surface area contributed by atoms with Crippen LogP contribution in [0.3, 0.4) is 0 Å². The third-order valence-electron chi connectivity index (χ3n) is 4.84. The SMILES string of the molecule is O=C(O)c1ccccc1C(=O)NCCN(CO)CCNC(=O)c1ccccc1C(=O)NCCO. The number of nitrogens with zero attached hydrogens (tertiary/aromatic N) is 1. The number of hydrogen-bond donors (Lipinski definition) is 6. The standard InChI is InChI=1S/C23H28N4O7/c28-14-11-26-21(31)17-6-2-1-5-16(17)20(30)24-9-12-27(15-29)13-10-25-22(32)18-7-3-4-8-19(18)23(33)34/h1-8,28-29H,9-15H2,(H,24,30)(H,25,32)(H,26,31)(H,33,34). The summed E-state index contributed by atoms with van der Waals surface area (Å²) < 4.78 is 0. The highest BCUT2D eigenvalue weighted by Crippen LogP contribution is 2.09. The molecule has 3 amide bonds. The molecule has 0 aliphatic heterocycles. The number of hydrogen-bond acceptors (Lipinski definition) is 7. The van der Waals surface area contributed by atoms with Gasteiger partial charge in [0.2, 0.25) is 0 Å². The van der Waals surface area contributed by atoms with Gasteiger partial charge in [-0.15, -0.1) is 0 Å². The van der Waals surface area contributed by atoms with Crippen molar-refractivity contribution in [1.82, 2.24) is 20.9 Å². The van der Waals surface area contributed by atoms with Gasteiger partial charge in [-0.3, -0.25) is 19.3 Å². The normalized spacial score (nSPS) is 10.6. The van der Waals surface area contributed by atoms with Gasteiger partial charge in [0.05, 0.1) is 35.6 Å². The molecule has 182 valence electrons. The number of nitrogens with one attached hydrogen (secondary N) is 3. The number of benzene rings is 2. The number of aliphatic hydroxyl groups is 2. The Hall–Kier alpha value is -3.80. The average molecular weight is 472 g/mol. The van der Waals surface area contributed by atoms with Crippen LogP contribution >= 0.6 is 0 Å².